The quantitative estimate of drug-likeness (QED) is 0.725. The number of likely N-dealkylation sites (N-methyl/N-ethyl adjacent to an activating group) is 1. The van der Waals surface area contributed by atoms with Crippen LogP contribution in [0.4, 0.5) is 0 Å². The number of piperidine rings is 1. The minimum atomic E-state index is 0.149. The second-order valence-electron chi connectivity index (χ2n) is 7.02. The lowest BCUT2D eigenvalue weighted by molar-refractivity contribution is 0.211. The van der Waals surface area contributed by atoms with Gasteiger partial charge in [0.25, 0.3) is 0 Å². The van der Waals surface area contributed by atoms with Gasteiger partial charge in [-0.05, 0) is 42.0 Å². The number of hydrazone groups is 1. The first kappa shape index (κ1) is 17.6. The molecular formula is C21H21Cl2N3. The fourth-order valence-corrected chi connectivity index (χ4v) is 4.45. The molecule has 3 nitrogen and oxygen atoms in total. The molecule has 2 heterocycles. The predicted molar refractivity (Wildman–Crippen MR) is 110 cm³/mol. The molecule has 0 N–H and O–H groups in total. The Morgan fingerprint density at radius 1 is 1.00 bits per heavy atom. The lowest BCUT2D eigenvalue weighted by Crippen LogP contribution is -2.41. The molecular weight excluding hydrogens is 365 g/mol. The van der Waals surface area contributed by atoms with Crippen LogP contribution in [0.15, 0.2) is 59.2 Å². The number of hydrogen-bond donors (Lipinski definition) is 0. The fourth-order valence-electron chi connectivity index (χ4n) is 4.01. The summed E-state index contributed by atoms with van der Waals surface area (Å²) in [5.41, 5.74) is 4.53. The number of fused-ring (bicyclic) bond motifs is 1. The van der Waals surface area contributed by atoms with E-state index in [1.54, 1.807) is 0 Å². The topological polar surface area (TPSA) is 18.8 Å². The van der Waals surface area contributed by atoms with Crippen molar-refractivity contribution in [3.63, 3.8) is 0 Å². The molecule has 2 aliphatic heterocycles. The molecule has 26 heavy (non-hydrogen) atoms. The summed E-state index contributed by atoms with van der Waals surface area (Å²) in [4.78, 5) is 2.34. The molecule has 0 saturated carbocycles. The van der Waals surface area contributed by atoms with E-state index < -0.39 is 0 Å². The van der Waals surface area contributed by atoms with Crippen molar-refractivity contribution in [2.75, 3.05) is 27.2 Å². The Kier molecular flexibility index (Phi) is 4.78. The highest BCUT2D eigenvalue weighted by Crippen LogP contribution is 2.41. The summed E-state index contributed by atoms with van der Waals surface area (Å²) in [5.74, 6) is 0.285. The van der Waals surface area contributed by atoms with E-state index in [0.717, 1.165) is 40.0 Å². The van der Waals surface area contributed by atoms with Gasteiger partial charge in [0.2, 0.25) is 0 Å². The van der Waals surface area contributed by atoms with Gasteiger partial charge in [-0.1, -0.05) is 59.6 Å². The summed E-state index contributed by atoms with van der Waals surface area (Å²) in [5, 5.41) is 8.52. The minimum Gasteiger partial charge on any atom is -0.301 e. The van der Waals surface area contributed by atoms with Crippen molar-refractivity contribution >= 4 is 35.0 Å². The van der Waals surface area contributed by atoms with E-state index >= 15 is 0 Å². The van der Waals surface area contributed by atoms with E-state index in [-0.39, 0.29) is 12.0 Å². The second-order valence-corrected chi connectivity index (χ2v) is 7.83. The SMILES string of the molecule is CN1C/C(=C\c2ccccc2Cl)C2=NN(C)[C@@H](c3ccccc3Cl)[C@H]2C1. The summed E-state index contributed by atoms with van der Waals surface area (Å²) >= 11 is 12.9. The van der Waals surface area contributed by atoms with Crippen molar-refractivity contribution in [1.82, 2.24) is 9.91 Å². The van der Waals surface area contributed by atoms with Crippen LogP contribution in [0, 0.1) is 5.92 Å². The van der Waals surface area contributed by atoms with E-state index in [2.05, 4.69) is 29.1 Å². The van der Waals surface area contributed by atoms with Gasteiger partial charge in [-0.15, -0.1) is 0 Å². The summed E-state index contributed by atoms with van der Waals surface area (Å²) in [6.45, 7) is 1.82. The molecule has 2 aromatic rings. The van der Waals surface area contributed by atoms with Crippen LogP contribution < -0.4 is 0 Å². The van der Waals surface area contributed by atoms with Crippen molar-refractivity contribution in [3.8, 4) is 0 Å². The molecule has 0 radical (unpaired) electrons. The number of nitrogens with zero attached hydrogens (tertiary/aromatic N) is 3. The molecule has 0 amide bonds. The molecule has 0 bridgehead atoms. The maximum absolute atomic E-state index is 6.50. The Morgan fingerprint density at radius 2 is 1.69 bits per heavy atom. The summed E-state index contributed by atoms with van der Waals surface area (Å²) in [7, 11) is 4.19. The van der Waals surface area contributed by atoms with Crippen LogP contribution in [0.5, 0.6) is 0 Å². The zero-order valence-corrected chi connectivity index (χ0v) is 16.4. The molecule has 1 fully saturated rings. The first-order valence-corrected chi connectivity index (χ1v) is 9.50. The lowest BCUT2D eigenvalue weighted by atomic mass is 9.83. The average molecular weight is 386 g/mol. The molecule has 0 spiro atoms. The van der Waals surface area contributed by atoms with Gasteiger partial charge in [0.05, 0.1) is 11.8 Å². The molecule has 1 saturated heterocycles. The third-order valence-electron chi connectivity index (χ3n) is 5.14. The van der Waals surface area contributed by atoms with Crippen molar-refractivity contribution in [2.45, 2.75) is 6.04 Å². The zero-order valence-electron chi connectivity index (χ0n) is 14.9. The van der Waals surface area contributed by atoms with Gasteiger partial charge >= 0.3 is 0 Å². The smallest absolute Gasteiger partial charge is 0.0827 e. The molecule has 134 valence electrons. The zero-order chi connectivity index (χ0) is 18.3. The Labute approximate surface area is 164 Å². The Morgan fingerprint density at radius 3 is 2.42 bits per heavy atom. The van der Waals surface area contributed by atoms with E-state index in [9.17, 15) is 0 Å². The molecule has 2 aromatic carbocycles. The first-order chi connectivity index (χ1) is 12.5. The van der Waals surface area contributed by atoms with Gasteiger partial charge in [0, 0.05) is 36.1 Å². The van der Waals surface area contributed by atoms with Crippen LogP contribution in [-0.4, -0.2) is 42.8 Å². The van der Waals surface area contributed by atoms with E-state index in [4.69, 9.17) is 28.3 Å². The van der Waals surface area contributed by atoms with Crippen molar-refractivity contribution < 1.29 is 0 Å². The van der Waals surface area contributed by atoms with Gasteiger partial charge in [0.15, 0.2) is 0 Å². The third-order valence-corrected chi connectivity index (χ3v) is 5.83. The third kappa shape index (κ3) is 3.16. The van der Waals surface area contributed by atoms with E-state index in [1.165, 1.54) is 5.57 Å². The summed E-state index contributed by atoms with van der Waals surface area (Å²) in [6, 6.07) is 16.2. The molecule has 0 aliphatic carbocycles. The van der Waals surface area contributed by atoms with Gasteiger partial charge < -0.3 is 4.90 Å². The normalized spacial score (nSPS) is 24.7. The largest absolute Gasteiger partial charge is 0.301 e. The molecule has 2 aliphatic rings. The minimum absolute atomic E-state index is 0.149. The Balaban J connectivity index is 1.74. The predicted octanol–water partition coefficient (Wildman–Crippen LogP) is 4.98. The average Bonchev–Trinajstić information content (AvgIpc) is 2.93. The van der Waals surface area contributed by atoms with Crippen LogP contribution in [0.2, 0.25) is 10.0 Å². The molecule has 0 unspecified atom stereocenters. The van der Waals surface area contributed by atoms with Crippen LogP contribution in [0.25, 0.3) is 6.08 Å². The van der Waals surface area contributed by atoms with Gasteiger partial charge in [-0.3, -0.25) is 5.01 Å². The number of likely N-dealkylation sites (tertiary alicyclic amines) is 1. The van der Waals surface area contributed by atoms with Gasteiger partial charge in [-0.25, -0.2) is 0 Å². The summed E-state index contributed by atoms with van der Waals surface area (Å²) in [6.07, 6.45) is 2.17. The highest BCUT2D eigenvalue weighted by molar-refractivity contribution is 6.32. The van der Waals surface area contributed by atoms with Crippen LogP contribution in [0.1, 0.15) is 17.2 Å². The monoisotopic (exact) mass is 385 g/mol. The van der Waals surface area contributed by atoms with E-state index in [1.807, 2.05) is 49.5 Å². The highest BCUT2D eigenvalue weighted by atomic mass is 35.5. The molecule has 4 rings (SSSR count). The number of benzene rings is 2. The Bertz CT molecular complexity index is 890. The van der Waals surface area contributed by atoms with Crippen LogP contribution in [-0.2, 0) is 0 Å². The van der Waals surface area contributed by atoms with Gasteiger partial charge in [-0.2, -0.15) is 5.10 Å². The highest BCUT2D eigenvalue weighted by Gasteiger charge is 2.42. The van der Waals surface area contributed by atoms with Crippen molar-refractivity contribution in [2.24, 2.45) is 11.0 Å². The fraction of sp³-hybridized carbons (Fsp3) is 0.286. The Hall–Kier alpha value is -1.81. The summed E-state index contributed by atoms with van der Waals surface area (Å²) < 4.78 is 0. The molecule has 0 aromatic heterocycles. The van der Waals surface area contributed by atoms with Crippen LogP contribution >= 0.6 is 23.2 Å². The molecule has 2 atom stereocenters. The maximum atomic E-state index is 6.50. The number of halogens is 2. The maximum Gasteiger partial charge on any atom is 0.0827 e. The van der Waals surface area contributed by atoms with Gasteiger partial charge in [0.1, 0.15) is 0 Å². The second kappa shape index (κ2) is 7.07. The lowest BCUT2D eigenvalue weighted by Gasteiger charge is -2.34. The van der Waals surface area contributed by atoms with Crippen molar-refractivity contribution in [1.29, 1.82) is 0 Å². The number of hydrogen-bond acceptors (Lipinski definition) is 3. The van der Waals surface area contributed by atoms with E-state index in [0.29, 0.717) is 0 Å². The number of rotatable bonds is 2. The molecule has 5 heteroatoms. The first-order valence-electron chi connectivity index (χ1n) is 8.74. The van der Waals surface area contributed by atoms with Crippen LogP contribution in [0.3, 0.4) is 0 Å². The van der Waals surface area contributed by atoms with Crippen molar-refractivity contribution in [3.05, 3.63) is 75.3 Å². The standard InChI is InChI=1S/C21H21Cl2N3/c1-25-12-15(11-14-7-3-5-9-18(14)22)20-17(13-25)21(26(2)24-20)16-8-4-6-10-19(16)23/h3-11,17,21H,12-13H2,1-2H3/b15-11+/t17-,21-/m0/s1.